The fourth-order valence-corrected chi connectivity index (χ4v) is 7.96. The lowest BCUT2D eigenvalue weighted by Gasteiger charge is -2.55. The van der Waals surface area contributed by atoms with Crippen molar-refractivity contribution in [1.29, 1.82) is 0 Å². The van der Waals surface area contributed by atoms with Gasteiger partial charge in [-0.25, -0.2) is 9.18 Å². The molecule has 0 saturated heterocycles. The molecule has 0 radical (unpaired) electrons. The van der Waals surface area contributed by atoms with Crippen molar-refractivity contribution in [3.8, 4) is 0 Å². The lowest BCUT2D eigenvalue weighted by molar-refractivity contribution is -0.134. The minimum Gasteiger partial charge on any atom is -0.424 e. The summed E-state index contributed by atoms with van der Waals surface area (Å²) in [6.45, 7) is 2.17. The summed E-state index contributed by atoms with van der Waals surface area (Å²) in [6, 6.07) is 5.85. The van der Waals surface area contributed by atoms with Crippen LogP contribution in [0, 0.1) is 34.9 Å². The van der Waals surface area contributed by atoms with E-state index in [2.05, 4.69) is 6.92 Å². The predicted octanol–water partition coefficient (Wildman–Crippen LogP) is 5.26. The second kappa shape index (κ2) is 6.86. The molecule has 5 heteroatoms. The molecule has 0 spiro atoms. The summed E-state index contributed by atoms with van der Waals surface area (Å²) in [4.78, 5) is 24.6. The number of hydrogen-bond acceptors (Lipinski definition) is 4. The van der Waals surface area contributed by atoms with Gasteiger partial charge in [0, 0.05) is 11.8 Å². The number of allylic oxidation sites excluding steroid dienone is 1. The van der Waals surface area contributed by atoms with Crippen LogP contribution in [0.1, 0.15) is 64.1 Å². The highest BCUT2D eigenvalue weighted by atomic mass is 19.1. The Hall–Kier alpha value is -2.27. The zero-order chi connectivity index (χ0) is 22.3. The molecule has 1 aromatic carbocycles. The monoisotopic (exact) mass is 436 g/mol. The Morgan fingerprint density at radius 2 is 1.88 bits per heavy atom. The van der Waals surface area contributed by atoms with Gasteiger partial charge in [0.05, 0.1) is 5.39 Å². The van der Waals surface area contributed by atoms with Crippen LogP contribution in [0.2, 0.25) is 0 Å². The molecule has 3 saturated carbocycles. The van der Waals surface area contributed by atoms with Gasteiger partial charge in [-0.2, -0.15) is 0 Å². The number of carbonyl (C=O) groups excluding carboxylic acids is 1. The van der Waals surface area contributed by atoms with Crippen LogP contribution in [0.4, 0.5) is 4.39 Å². The molecule has 4 aliphatic rings. The lowest BCUT2D eigenvalue weighted by Crippen LogP contribution is -2.51. The van der Waals surface area contributed by atoms with Crippen molar-refractivity contribution in [2.24, 2.45) is 29.1 Å². The molecular formula is C27H29FO4. The molecule has 1 heterocycles. The van der Waals surface area contributed by atoms with Crippen LogP contribution >= 0.6 is 0 Å². The first-order valence-corrected chi connectivity index (χ1v) is 12.0. The highest BCUT2D eigenvalue weighted by Crippen LogP contribution is 2.67. The molecule has 1 unspecified atom stereocenters. The van der Waals surface area contributed by atoms with Crippen molar-refractivity contribution < 1.29 is 18.7 Å². The van der Waals surface area contributed by atoms with Gasteiger partial charge < -0.3 is 9.52 Å². The van der Waals surface area contributed by atoms with E-state index in [1.807, 2.05) is 6.08 Å². The van der Waals surface area contributed by atoms with E-state index in [9.17, 15) is 19.1 Å². The third-order valence-electron chi connectivity index (χ3n) is 9.58. The van der Waals surface area contributed by atoms with Gasteiger partial charge in [0.1, 0.15) is 17.2 Å². The second-order valence-corrected chi connectivity index (χ2v) is 10.8. The van der Waals surface area contributed by atoms with Crippen LogP contribution in [0.3, 0.4) is 0 Å². The first kappa shape index (κ1) is 20.3. The predicted molar refractivity (Wildman–Crippen MR) is 118 cm³/mol. The van der Waals surface area contributed by atoms with Crippen molar-refractivity contribution in [2.75, 3.05) is 0 Å². The van der Waals surface area contributed by atoms with E-state index in [-0.39, 0.29) is 16.6 Å². The van der Waals surface area contributed by atoms with Gasteiger partial charge in [-0.15, -0.1) is 0 Å². The molecule has 32 heavy (non-hydrogen) atoms. The molecule has 0 bridgehead atoms. The van der Waals surface area contributed by atoms with Crippen molar-refractivity contribution >= 4 is 16.6 Å². The number of halogens is 1. The maximum absolute atomic E-state index is 13.6. The van der Waals surface area contributed by atoms with Crippen molar-refractivity contribution in [2.45, 2.75) is 63.9 Å². The fourth-order valence-electron chi connectivity index (χ4n) is 7.96. The van der Waals surface area contributed by atoms with E-state index in [0.717, 1.165) is 38.5 Å². The number of carbonyl (C=O) groups is 1. The van der Waals surface area contributed by atoms with Gasteiger partial charge in [0.25, 0.3) is 0 Å². The van der Waals surface area contributed by atoms with Gasteiger partial charge in [-0.3, -0.25) is 4.79 Å². The van der Waals surface area contributed by atoms with Crippen molar-refractivity contribution in [3.63, 3.8) is 0 Å². The minimum absolute atomic E-state index is 0.208. The summed E-state index contributed by atoms with van der Waals surface area (Å²) in [5, 5.41) is 12.9. The lowest BCUT2D eigenvalue weighted by atomic mass is 9.50. The average Bonchev–Trinajstić information content (AvgIpc) is 3.05. The summed E-state index contributed by atoms with van der Waals surface area (Å²) in [7, 11) is 0. The molecule has 1 aromatic heterocycles. The zero-order valence-corrected chi connectivity index (χ0v) is 18.4. The van der Waals surface area contributed by atoms with E-state index < -0.39 is 17.0 Å². The van der Waals surface area contributed by atoms with Crippen LogP contribution in [0.15, 0.2) is 45.1 Å². The second-order valence-electron chi connectivity index (χ2n) is 10.8. The molecule has 6 atom stereocenters. The standard InChI is InChI=1S/C27H29FO4/c1-26-10-8-20-19-7-5-18(29)12-15(19)3-6-21(20)23(26)9-11-27(26,31)24-13-16-2-4-17(28)14-22(16)25(30)32-24/h2,4,12-14,19-21,23,31H,3,5-11H2,1H3/t19-,20?,21+,23-,26-,27+/m0/s1. The van der Waals surface area contributed by atoms with Crippen LogP contribution in [-0.4, -0.2) is 10.9 Å². The van der Waals surface area contributed by atoms with E-state index >= 15 is 0 Å². The molecule has 2 aromatic rings. The third kappa shape index (κ3) is 2.70. The molecular weight excluding hydrogens is 407 g/mol. The Bertz CT molecular complexity index is 1210. The van der Waals surface area contributed by atoms with Crippen molar-refractivity contribution in [3.05, 3.63) is 57.9 Å². The molecule has 4 nitrogen and oxygen atoms in total. The minimum atomic E-state index is -1.21. The Kier molecular flexibility index (Phi) is 4.36. The van der Waals surface area contributed by atoms with Gasteiger partial charge >= 0.3 is 5.63 Å². The normalized spacial score (nSPS) is 38.7. The molecule has 4 aliphatic carbocycles. The SMILES string of the molecule is C[C@]12CCC3[C@@H](CCC4=CC(=O)CC[C@@H]43)[C@@H]1CC[C@@]2(O)c1cc2ccc(F)cc2c(=O)o1. The molecule has 3 fully saturated rings. The van der Waals surface area contributed by atoms with E-state index in [4.69, 9.17) is 4.42 Å². The first-order chi connectivity index (χ1) is 15.3. The average molecular weight is 437 g/mol. The largest absolute Gasteiger partial charge is 0.424 e. The Labute approximate surface area is 186 Å². The zero-order valence-electron chi connectivity index (χ0n) is 18.4. The van der Waals surface area contributed by atoms with Gasteiger partial charge in [0.15, 0.2) is 5.78 Å². The third-order valence-corrected chi connectivity index (χ3v) is 9.58. The summed E-state index contributed by atoms with van der Waals surface area (Å²) >= 11 is 0. The number of rotatable bonds is 1. The van der Waals surface area contributed by atoms with Crippen LogP contribution < -0.4 is 5.63 Å². The Morgan fingerprint density at radius 1 is 1.03 bits per heavy atom. The maximum Gasteiger partial charge on any atom is 0.344 e. The van der Waals surface area contributed by atoms with Crippen LogP contribution in [-0.2, 0) is 10.4 Å². The number of hydrogen-bond donors (Lipinski definition) is 1. The summed E-state index contributed by atoms with van der Waals surface area (Å²) < 4.78 is 19.3. The summed E-state index contributed by atoms with van der Waals surface area (Å²) in [5.74, 6) is 2.10. The van der Waals surface area contributed by atoms with Crippen molar-refractivity contribution in [1.82, 2.24) is 0 Å². The Balaban J connectivity index is 1.38. The highest BCUT2D eigenvalue weighted by Gasteiger charge is 2.64. The molecule has 6 rings (SSSR count). The van der Waals surface area contributed by atoms with E-state index in [1.54, 1.807) is 12.1 Å². The smallest absolute Gasteiger partial charge is 0.344 e. The number of aliphatic hydroxyl groups is 1. The molecule has 168 valence electrons. The van der Waals surface area contributed by atoms with E-state index in [0.29, 0.717) is 47.7 Å². The van der Waals surface area contributed by atoms with Crippen LogP contribution in [0.25, 0.3) is 10.8 Å². The Morgan fingerprint density at radius 3 is 2.72 bits per heavy atom. The summed E-state index contributed by atoms with van der Waals surface area (Å²) in [6.07, 6.45) is 8.97. The molecule has 1 N–H and O–H groups in total. The molecule has 0 aliphatic heterocycles. The maximum atomic E-state index is 13.6. The topological polar surface area (TPSA) is 67.5 Å². The first-order valence-electron chi connectivity index (χ1n) is 12.0. The van der Waals surface area contributed by atoms with Crippen LogP contribution in [0.5, 0.6) is 0 Å². The summed E-state index contributed by atoms with van der Waals surface area (Å²) in [5.41, 5.74) is -0.815. The number of ketones is 1. The van der Waals surface area contributed by atoms with Gasteiger partial charge in [-0.1, -0.05) is 18.6 Å². The highest BCUT2D eigenvalue weighted by molar-refractivity contribution is 5.91. The molecule has 0 amide bonds. The van der Waals surface area contributed by atoms with E-state index in [1.165, 1.54) is 17.7 Å². The number of fused-ring (bicyclic) bond motifs is 6. The fraction of sp³-hybridized carbons (Fsp3) is 0.556. The number of benzene rings is 1. The van der Waals surface area contributed by atoms with Gasteiger partial charge in [0.2, 0.25) is 0 Å². The van der Waals surface area contributed by atoms with Gasteiger partial charge in [-0.05, 0) is 98.3 Å². The quantitative estimate of drug-likeness (QED) is 0.662.